The fourth-order valence-corrected chi connectivity index (χ4v) is 5.99. The first-order valence-electron chi connectivity index (χ1n) is 4.92. The molecule has 7 heteroatoms. The van der Waals surface area contributed by atoms with Crippen molar-refractivity contribution in [1.29, 1.82) is 0 Å². The van der Waals surface area contributed by atoms with Gasteiger partial charge >= 0.3 is 7.60 Å². The lowest BCUT2D eigenvalue weighted by Gasteiger charge is -2.16. The topological polar surface area (TPSA) is 69.7 Å². The average molecular weight is 256 g/mol. The highest BCUT2D eigenvalue weighted by Gasteiger charge is 2.57. The molecule has 0 N–H and O–H groups in total. The Bertz CT molecular complexity index is 353. The maximum atomic E-state index is 12.1. The Hall–Kier alpha value is 0.100. The minimum atomic E-state index is -3.21. The maximum absolute atomic E-state index is 12.1. The van der Waals surface area contributed by atoms with Crippen LogP contribution in [0.25, 0.3) is 0 Å². The molecule has 1 aliphatic carbocycles. The van der Waals surface area contributed by atoms with Gasteiger partial charge in [0.1, 0.15) is 0 Å². The molecule has 0 unspecified atom stereocenters. The first-order valence-corrected chi connectivity index (χ1v) is 8.49. The zero-order valence-corrected chi connectivity index (χ0v) is 10.9. The lowest BCUT2D eigenvalue weighted by Crippen LogP contribution is -2.11. The van der Waals surface area contributed by atoms with Crippen LogP contribution in [-0.4, -0.2) is 38.8 Å². The van der Waals surface area contributed by atoms with Gasteiger partial charge in [0, 0.05) is 6.26 Å². The summed E-state index contributed by atoms with van der Waals surface area (Å²) in [7, 11) is -6.34. The lowest BCUT2D eigenvalue weighted by atomic mass is 10.9. The minimum Gasteiger partial charge on any atom is -0.309 e. The summed E-state index contributed by atoms with van der Waals surface area (Å²) in [5.41, 5.74) is -0.465. The highest BCUT2D eigenvalue weighted by Crippen LogP contribution is 2.63. The molecule has 0 aromatic heterocycles. The number of hydrogen-bond acceptors (Lipinski definition) is 5. The van der Waals surface area contributed by atoms with E-state index in [9.17, 15) is 13.0 Å². The van der Waals surface area contributed by atoms with E-state index in [1.54, 1.807) is 13.8 Å². The Labute approximate surface area is 90.6 Å². The Balaban J connectivity index is 2.74. The fourth-order valence-electron chi connectivity index (χ4n) is 1.54. The molecule has 90 valence electrons. The molecule has 0 amide bonds. The van der Waals surface area contributed by atoms with E-state index >= 15 is 0 Å². The van der Waals surface area contributed by atoms with Crippen LogP contribution in [0.4, 0.5) is 0 Å². The molecule has 1 rings (SSSR count). The van der Waals surface area contributed by atoms with Gasteiger partial charge in [-0.2, -0.15) is 0 Å². The summed E-state index contributed by atoms with van der Waals surface area (Å²) in [6, 6.07) is 0. The van der Waals surface area contributed by atoms with E-state index in [0.29, 0.717) is 6.42 Å². The molecule has 0 heterocycles. The molecule has 1 fully saturated rings. The van der Waals surface area contributed by atoms with Gasteiger partial charge in [0.25, 0.3) is 0 Å². The minimum absolute atomic E-state index is 0.268. The zero-order chi connectivity index (χ0) is 11.7. The van der Waals surface area contributed by atoms with E-state index in [1.807, 2.05) is 0 Å². The summed E-state index contributed by atoms with van der Waals surface area (Å²) in [5.74, 6) is 0. The smallest absolute Gasteiger partial charge is 0.309 e. The normalized spacial score (nSPS) is 26.6. The van der Waals surface area contributed by atoms with Gasteiger partial charge in [-0.05, 0) is 20.3 Å². The third-order valence-corrected chi connectivity index (χ3v) is 6.72. The van der Waals surface area contributed by atoms with Crippen LogP contribution in [0.3, 0.4) is 0 Å². The average Bonchev–Trinajstić information content (AvgIpc) is 2.81. The fraction of sp³-hybridized carbons (Fsp3) is 1.00. The molecular formula is C8H17O5PS. The summed E-state index contributed by atoms with van der Waals surface area (Å²) >= 11 is 0. The molecule has 0 bridgehead atoms. The van der Waals surface area contributed by atoms with Crippen LogP contribution in [0.2, 0.25) is 0 Å². The largest absolute Gasteiger partial charge is 0.335 e. The van der Waals surface area contributed by atoms with Gasteiger partial charge in [0.2, 0.25) is 0 Å². The van der Waals surface area contributed by atoms with Gasteiger partial charge in [-0.1, -0.05) is 0 Å². The second-order valence-corrected chi connectivity index (χ2v) is 8.07. The van der Waals surface area contributed by atoms with Gasteiger partial charge in [-0.25, -0.2) is 8.42 Å². The van der Waals surface area contributed by atoms with Gasteiger partial charge in [0.15, 0.2) is 9.84 Å². The lowest BCUT2D eigenvalue weighted by molar-refractivity contribution is 0.219. The zero-order valence-electron chi connectivity index (χ0n) is 9.17. The second-order valence-electron chi connectivity index (χ2n) is 3.55. The van der Waals surface area contributed by atoms with Crippen LogP contribution < -0.4 is 0 Å². The van der Waals surface area contributed by atoms with Crippen molar-refractivity contribution < 1.29 is 22.0 Å². The summed E-state index contributed by atoms with van der Waals surface area (Å²) in [6.45, 7) is 3.96. The molecule has 0 saturated heterocycles. The Kier molecular flexibility index (Phi) is 3.98. The molecule has 0 aromatic carbocycles. The molecule has 1 saturated carbocycles. The summed E-state index contributed by atoms with van der Waals surface area (Å²) in [6.07, 6.45) is 1.54. The first-order chi connectivity index (χ1) is 6.85. The third-order valence-electron chi connectivity index (χ3n) is 2.27. The standard InChI is InChI=1S/C8H17O5PS/c1-4-12-14(9,13-5-2)7-6-8(7)15(3,10)11/h7-8H,4-6H2,1-3H3/t7-,8-/m0/s1. The van der Waals surface area contributed by atoms with E-state index in [0.717, 1.165) is 6.26 Å². The molecule has 1 aliphatic rings. The quantitative estimate of drug-likeness (QED) is 0.672. The van der Waals surface area contributed by atoms with Gasteiger partial charge in [-0.3, -0.25) is 4.57 Å². The van der Waals surface area contributed by atoms with Crippen molar-refractivity contribution in [1.82, 2.24) is 0 Å². The van der Waals surface area contributed by atoms with Gasteiger partial charge in [0.05, 0.1) is 24.1 Å². The SMILES string of the molecule is CCOP(=O)(OCC)[C@H]1C[C@@H]1S(C)(=O)=O. The van der Waals surface area contributed by atoms with E-state index in [4.69, 9.17) is 9.05 Å². The van der Waals surface area contributed by atoms with Gasteiger partial charge in [-0.15, -0.1) is 0 Å². The Morgan fingerprint density at radius 3 is 2.00 bits per heavy atom. The summed E-state index contributed by atoms with van der Waals surface area (Å²) < 4.78 is 44.8. The maximum Gasteiger partial charge on any atom is 0.335 e. The van der Waals surface area contributed by atoms with Crippen molar-refractivity contribution in [3.8, 4) is 0 Å². The molecular weight excluding hydrogens is 239 g/mol. The van der Waals surface area contributed by atoms with Crippen molar-refractivity contribution in [3.63, 3.8) is 0 Å². The van der Waals surface area contributed by atoms with Crippen LogP contribution in [0, 0.1) is 0 Å². The predicted molar refractivity (Wildman–Crippen MR) is 57.9 cm³/mol. The van der Waals surface area contributed by atoms with E-state index < -0.39 is 28.3 Å². The van der Waals surface area contributed by atoms with E-state index in [-0.39, 0.29) is 13.2 Å². The monoisotopic (exact) mass is 256 g/mol. The highest BCUT2D eigenvalue weighted by atomic mass is 32.2. The number of hydrogen-bond donors (Lipinski definition) is 0. The Morgan fingerprint density at radius 1 is 1.27 bits per heavy atom. The van der Waals surface area contributed by atoms with Crippen molar-refractivity contribution >= 4 is 17.4 Å². The second kappa shape index (κ2) is 4.53. The van der Waals surface area contributed by atoms with Gasteiger partial charge < -0.3 is 9.05 Å². The molecule has 0 aromatic rings. The van der Waals surface area contributed by atoms with Crippen molar-refractivity contribution in [2.75, 3.05) is 19.5 Å². The third kappa shape index (κ3) is 3.03. The van der Waals surface area contributed by atoms with E-state index in [2.05, 4.69) is 0 Å². The van der Waals surface area contributed by atoms with Crippen LogP contribution >= 0.6 is 7.60 Å². The summed E-state index contributed by atoms with van der Waals surface area (Å²) in [4.78, 5) is 0. The number of rotatable bonds is 6. The van der Waals surface area contributed by atoms with Crippen LogP contribution in [0.1, 0.15) is 20.3 Å². The van der Waals surface area contributed by atoms with Crippen LogP contribution in [0.15, 0.2) is 0 Å². The van der Waals surface area contributed by atoms with E-state index in [1.165, 1.54) is 0 Å². The number of sulfone groups is 1. The Morgan fingerprint density at radius 2 is 1.73 bits per heavy atom. The molecule has 5 nitrogen and oxygen atoms in total. The van der Waals surface area contributed by atoms with Crippen molar-refractivity contribution in [2.24, 2.45) is 0 Å². The predicted octanol–water partition coefficient (Wildman–Crippen LogP) is 1.44. The molecule has 0 spiro atoms. The van der Waals surface area contributed by atoms with Crippen molar-refractivity contribution in [2.45, 2.75) is 31.2 Å². The van der Waals surface area contributed by atoms with Crippen molar-refractivity contribution in [3.05, 3.63) is 0 Å². The highest BCUT2D eigenvalue weighted by molar-refractivity contribution is 7.92. The van der Waals surface area contributed by atoms with Crippen LogP contribution in [0.5, 0.6) is 0 Å². The molecule has 0 radical (unpaired) electrons. The summed E-state index contributed by atoms with van der Waals surface area (Å²) in [5, 5.41) is -0.554. The first kappa shape index (κ1) is 13.2. The molecule has 0 aliphatic heterocycles. The van der Waals surface area contributed by atoms with Crippen LogP contribution in [-0.2, 0) is 23.4 Å². The molecule has 15 heavy (non-hydrogen) atoms. The molecule has 2 atom stereocenters.